The third-order valence-corrected chi connectivity index (χ3v) is 6.53. The summed E-state index contributed by atoms with van der Waals surface area (Å²) in [6.07, 6.45) is 4.63. The van der Waals surface area contributed by atoms with Gasteiger partial charge in [0.1, 0.15) is 12.2 Å². The SMILES string of the molecule is CN1CN(C23C(=Cc4ccccc42)Cc2ccccc23)n2ccc(=O)c(O)c2C1=O. The second kappa shape index (κ2) is 5.63. The fraction of sp³-hybridized carbons (Fsp3) is 0.167. The van der Waals surface area contributed by atoms with Crippen molar-refractivity contribution < 1.29 is 9.90 Å². The Morgan fingerprint density at radius 3 is 2.53 bits per heavy atom. The van der Waals surface area contributed by atoms with E-state index in [1.54, 1.807) is 22.8 Å². The first-order valence-electron chi connectivity index (χ1n) is 9.90. The van der Waals surface area contributed by atoms with E-state index in [9.17, 15) is 14.7 Å². The highest BCUT2D eigenvalue weighted by atomic mass is 16.3. The molecule has 148 valence electrons. The first-order chi connectivity index (χ1) is 14.5. The fourth-order valence-electron chi connectivity index (χ4n) is 5.29. The number of hydrogen-bond donors (Lipinski definition) is 1. The topological polar surface area (TPSA) is 65.8 Å². The van der Waals surface area contributed by atoms with Crippen molar-refractivity contribution >= 4 is 12.0 Å². The summed E-state index contributed by atoms with van der Waals surface area (Å²) in [7, 11) is 1.69. The van der Waals surface area contributed by atoms with E-state index in [4.69, 9.17) is 0 Å². The molecular weight excluding hydrogens is 378 g/mol. The normalized spacial score (nSPS) is 21.1. The second-order valence-corrected chi connectivity index (χ2v) is 8.07. The highest BCUT2D eigenvalue weighted by molar-refractivity contribution is 5.96. The molecule has 3 aliphatic rings. The summed E-state index contributed by atoms with van der Waals surface area (Å²) in [5, 5.41) is 12.6. The molecule has 6 heteroatoms. The highest BCUT2D eigenvalue weighted by Crippen LogP contribution is 2.55. The number of amides is 1. The van der Waals surface area contributed by atoms with Gasteiger partial charge in [-0.1, -0.05) is 54.6 Å². The Bertz CT molecular complexity index is 1340. The Morgan fingerprint density at radius 1 is 0.967 bits per heavy atom. The number of nitrogens with zero attached hydrogens (tertiary/aromatic N) is 3. The van der Waals surface area contributed by atoms with Crippen LogP contribution in [0.2, 0.25) is 0 Å². The van der Waals surface area contributed by atoms with Crippen molar-refractivity contribution in [2.75, 3.05) is 18.7 Å². The van der Waals surface area contributed by atoms with E-state index in [0.717, 1.165) is 23.1 Å². The minimum Gasteiger partial charge on any atom is -0.502 e. The van der Waals surface area contributed by atoms with Crippen molar-refractivity contribution in [3.63, 3.8) is 0 Å². The van der Waals surface area contributed by atoms with Gasteiger partial charge in [-0.3, -0.25) is 19.3 Å². The van der Waals surface area contributed by atoms with Gasteiger partial charge in [0.15, 0.2) is 11.4 Å². The predicted octanol–water partition coefficient (Wildman–Crippen LogP) is 2.43. The summed E-state index contributed by atoms with van der Waals surface area (Å²) < 4.78 is 1.66. The summed E-state index contributed by atoms with van der Waals surface area (Å²) >= 11 is 0. The molecule has 0 radical (unpaired) electrons. The van der Waals surface area contributed by atoms with Gasteiger partial charge in [0.2, 0.25) is 5.43 Å². The Morgan fingerprint density at radius 2 is 1.70 bits per heavy atom. The van der Waals surface area contributed by atoms with Crippen molar-refractivity contribution in [2.45, 2.75) is 12.0 Å². The van der Waals surface area contributed by atoms with Crippen LogP contribution in [0.1, 0.15) is 32.7 Å². The molecular formula is C24H19N3O3. The predicted molar refractivity (Wildman–Crippen MR) is 113 cm³/mol. The molecule has 1 atom stereocenters. The van der Waals surface area contributed by atoms with E-state index < -0.39 is 16.7 Å². The molecule has 1 unspecified atom stereocenters. The van der Waals surface area contributed by atoms with Crippen LogP contribution in [0.15, 0.2) is 71.2 Å². The molecule has 0 spiro atoms. The summed E-state index contributed by atoms with van der Waals surface area (Å²) in [5.41, 5.74) is 4.73. The molecule has 6 nitrogen and oxygen atoms in total. The lowest BCUT2D eigenvalue weighted by molar-refractivity contribution is 0.0716. The minimum atomic E-state index is -0.613. The molecule has 1 amide bonds. The number of rotatable bonds is 1. The van der Waals surface area contributed by atoms with Crippen LogP contribution in [0, 0.1) is 0 Å². The number of carbonyl (C=O) groups excluding carboxylic acids is 1. The van der Waals surface area contributed by atoms with E-state index in [1.165, 1.54) is 17.2 Å². The molecule has 6 rings (SSSR count). The molecule has 0 saturated carbocycles. The Labute approximate surface area is 172 Å². The zero-order chi connectivity index (χ0) is 20.6. The van der Waals surface area contributed by atoms with Crippen molar-refractivity contribution in [3.8, 4) is 5.75 Å². The van der Waals surface area contributed by atoms with Crippen molar-refractivity contribution in [1.82, 2.24) is 9.58 Å². The number of carbonyl (C=O) groups is 1. The molecule has 0 saturated heterocycles. The van der Waals surface area contributed by atoms with Crippen LogP contribution in [0.25, 0.3) is 6.08 Å². The van der Waals surface area contributed by atoms with Crippen LogP contribution in [0.4, 0.5) is 0 Å². The Hall–Kier alpha value is -3.80. The zero-order valence-corrected chi connectivity index (χ0v) is 16.4. The standard InChI is InChI=1S/C24H19N3O3/c1-25-14-27(26-11-10-20(28)22(29)21(26)23(25)30)24-17(12-15-6-2-4-8-18(15)24)13-16-7-3-5-9-19(16)24/h2-12,29H,13-14H2,1H3. The Balaban J connectivity index is 1.72. The smallest absolute Gasteiger partial charge is 0.277 e. The third kappa shape index (κ3) is 1.88. The first kappa shape index (κ1) is 17.1. The number of hydrogen-bond acceptors (Lipinski definition) is 4. The number of aromatic hydroxyl groups is 1. The van der Waals surface area contributed by atoms with Crippen molar-refractivity contribution in [1.29, 1.82) is 0 Å². The fourth-order valence-corrected chi connectivity index (χ4v) is 5.29. The number of benzene rings is 2. The average molecular weight is 397 g/mol. The van der Waals surface area contributed by atoms with Crippen LogP contribution in [-0.2, 0) is 12.0 Å². The quantitative estimate of drug-likeness (QED) is 0.685. The van der Waals surface area contributed by atoms with Crippen LogP contribution in [-0.4, -0.2) is 34.3 Å². The largest absolute Gasteiger partial charge is 0.502 e. The van der Waals surface area contributed by atoms with Gasteiger partial charge in [-0.2, -0.15) is 0 Å². The monoisotopic (exact) mass is 397 g/mol. The highest BCUT2D eigenvalue weighted by Gasteiger charge is 2.54. The van der Waals surface area contributed by atoms with Crippen LogP contribution < -0.4 is 10.4 Å². The zero-order valence-electron chi connectivity index (χ0n) is 16.4. The minimum absolute atomic E-state index is 0.00117. The van der Waals surface area contributed by atoms with Gasteiger partial charge in [0, 0.05) is 19.3 Å². The van der Waals surface area contributed by atoms with Crippen LogP contribution >= 0.6 is 0 Å². The number of fused-ring (bicyclic) bond motifs is 6. The van der Waals surface area contributed by atoms with Gasteiger partial charge in [-0.05, 0) is 34.2 Å². The maximum atomic E-state index is 12.9. The summed E-state index contributed by atoms with van der Waals surface area (Å²) in [5.74, 6) is -0.889. The van der Waals surface area contributed by atoms with Crippen molar-refractivity contribution in [2.24, 2.45) is 0 Å². The van der Waals surface area contributed by atoms with Gasteiger partial charge in [-0.25, -0.2) is 0 Å². The van der Waals surface area contributed by atoms with E-state index in [0.29, 0.717) is 6.67 Å². The summed E-state index contributed by atoms with van der Waals surface area (Å²) in [6, 6.07) is 18.0. The van der Waals surface area contributed by atoms with E-state index in [1.807, 2.05) is 24.3 Å². The van der Waals surface area contributed by atoms with Gasteiger partial charge < -0.3 is 10.0 Å². The van der Waals surface area contributed by atoms with E-state index in [2.05, 4.69) is 35.4 Å². The molecule has 2 heterocycles. The van der Waals surface area contributed by atoms with Crippen LogP contribution in [0.5, 0.6) is 5.75 Å². The van der Waals surface area contributed by atoms with Gasteiger partial charge in [0.25, 0.3) is 5.91 Å². The van der Waals surface area contributed by atoms with E-state index in [-0.39, 0.29) is 11.6 Å². The molecule has 30 heavy (non-hydrogen) atoms. The van der Waals surface area contributed by atoms with Gasteiger partial charge >= 0.3 is 0 Å². The number of pyridine rings is 1. The maximum absolute atomic E-state index is 12.9. The first-order valence-corrected chi connectivity index (χ1v) is 9.90. The molecule has 2 aromatic carbocycles. The van der Waals surface area contributed by atoms with Gasteiger partial charge in [0.05, 0.1) is 0 Å². The average Bonchev–Trinajstić information content (AvgIpc) is 3.24. The lowest BCUT2D eigenvalue weighted by atomic mass is 9.83. The second-order valence-electron chi connectivity index (χ2n) is 8.07. The summed E-state index contributed by atoms with van der Waals surface area (Å²) in [4.78, 5) is 26.6. The third-order valence-electron chi connectivity index (χ3n) is 6.53. The molecule has 0 bridgehead atoms. The number of aromatic nitrogens is 1. The molecule has 1 aliphatic heterocycles. The molecule has 2 aliphatic carbocycles. The molecule has 1 aromatic heterocycles. The van der Waals surface area contributed by atoms with E-state index >= 15 is 0 Å². The lowest BCUT2D eigenvalue weighted by Crippen LogP contribution is -2.61. The molecule has 3 aromatic rings. The van der Waals surface area contributed by atoms with Gasteiger partial charge in [-0.15, -0.1) is 0 Å². The Kier molecular flexibility index (Phi) is 3.21. The maximum Gasteiger partial charge on any atom is 0.277 e. The van der Waals surface area contributed by atoms with Crippen LogP contribution in [0.3, 0.4) is 0 Å². The lowest BCUT2D eigenvalue weighted by Gasteiger charge is -2.49. The molecule has 0 fully saturated rings. The molecule has 1 N–H and O–H groups in total. The van der Waals surface area contributed by atoms with Crippen molar-refractivity contribution in [3.05, 3.63) is 105 Å². The summed E-state index contributed by atoms with van der Waals surface area (Å²) in [6.45, 7) is 0.314.